The van der Waals surface area contributed by atoms with E-state index in [0.717, 1.165) is 68.2 Å². The summed E-state index contributed by atoms with van der Waals surface area (Å²) in [4.78, 5) is 15.1. The van der Waals surface area contributed by atoms with E-state index in [1.807, 2.05) is 36.4 Å². The molecule has 11 aromatic rings. The number of benzene rings is 7. The molecule has 6 heteroatoms. The van der Waals surface area contributed by atoms with Gasteiger partial charge in [-0.3, -0.25) is 0 Å². The second kappa shape index (κ2) is 11.2. The third kappa shape index (κ3) is 4.34. The number of thiophene rings is 2. The monoisotopic (exact) mass is 691 g/mol. The van der Waals surface area contributed by atoms with Gasteiger partial charge in [-0.1, -0.05) is 121 Å². The number of hydrogen-bond acceptors (Lipinski definition) is 5. The lowest BCUT2D eigenvalue weighted by Gasteiger charge is -2.11. The van der Waals surface area contributed by atoms with Crippen molar-refractivity contribution in [1.29, 1.82) is 0 Å². The molecule has 0 bridgehead atoms. The number of nitrogens with zero attached hydrogens (tertiary/aromatic N) is 4. The van der Waals surface area contributed by atoms with Gasteiger partial charge in [-0.2, -0.15) is 0 Å². The fourth-order valence-electron chi connectivity index (χ4n) is 7.43. The van der Waals surface area contributed by atoms with Gasteiger partial charge in [-0.25, -0.2) is 15.0 Å². The molecule has 0 radical (unpaired) electrons. The fraction of sp³-hybridized carbons (Fsp3) is 0. The predicted octanol–water partition coefficient (Wildman–Crippen LogP) is 12.7. The maximum Gasteiger partial charge on any atom is 0.164 e. The maximum atomic E-state index is 8.89. The number of fused-ring (bicyclic) bond motifs is 9. The van der Waals surface area contributed by atoms with Crippen molar-refractivity contribution in [2.75, 3.05) is 0 Å². The van der Waals surface area contributed by atoms with E-state index in [2.05, 4.69) is 95.6 Å². The molecular formula is C45H26N4S2. The van der Waals surface area contributed by atoms with E-state index in [1.54, 1.807) is 22.7 Å². The molecule has 11 rings (SSSR count). The van der Waals surface area contributed by atoms with E-state index >= 15 is 0 Å². The van der Waals surface area contributed by atoms with Gasteiger partial charge < -0.3 is 4.57 Å². The Morgan fingerprint density at radius 3 is 1.69 bits per heavy atom. The average Bonchev–Trinajstić information content (AvgIpc) is 3.92. The quantitative estimate of drug-likeness (QED) is 0.184. The van der Waals surface area contributed by atoms with Crippen molar-refractivity contribution in [3.8, 4) is 39.9 Å². The molecule has 0 aliphatic rings. The first-order valence-corrected chi connectivity index (χ1v) is 18.2. The van der Waals surface area contributed by atoms with Crippen LogP contribution in [0.25, 0.3) is 102 Å². The fourth-order valence-corrected chi connectivity index (χ4v) is 9.79. The summed E-state index contributed by atoms with van der Waals surface area (Å²) in [5.41, 5.74) is 4.78. The Labute approximate surface area is 307 Å². The molecule has 0 spiro atoms. The lowest BCUT2D eigenvalue weighted by molar-refractivity contribution is 1.08. The van der Waals surface area contributed by atoms with Crippen LogP contribution < -0.4 is 0 Å². The second-order valence-corrected chi connectivity index (χ2v) is 14.5. The van der Waals surface area contributed by atoms with Crippen molar-refractivity contribution >= 4 is 84.8 Å². The third-order valence-electron chi connectivity index (χ3n) is 9.57. The van der Waals surface area contributed by atoms with E-state index in [1.165, 1.54) is 10.8 Å². The van der Waals surface area contributed by atoms with Gasteiger partial charge in [0.15, 0.2) is 17.5 Å². The zero-order valence-corrected chi connectivity index (χ0v) is 28.4. The lowest BCUT2D eigenvalue weighted by atomic mass is 10.0. The molecule has 0 atom stereocenters. The molecule has 51 heavy (non-hydrogen) atoms. The zero-order chi connectivity index (χ0) is 37.8. The maximum absolute atomic E-state index is 8.89. The number of rotatable bonds is 4. The minimum absolute atomic E-state index is 0.0149. The first-order chi connectivity index (χ1) is 27.4. The van der Waals surface area contributed by atoms with Gasteiger partial charge in [0.05, 0.1) is 28.3 Å². The lowest BCUT2D eigenvalue weighted by Crippen LogP contribution is -2.00. The molecule has 4 nitrogen and oxygen atoms in total. The summed E-state index contributed by atoms with van der Waals surface area (Å²) in [6.07, 6.45) is 0. The highest BCUT2D eigenvalue weighted by Crippen LogP contribution is 2.45. The zero-order valence-electron chi connectivity index (χ0n) is 31.7. The second-order valence-electron chi connectivity index (χ2n) is 12.4. The molecule has 0 saturated heterocycles. The first kappa shape index (κ1) is 24.0. The van der Waals surface area contributed by atoms with Crippen LogP contribution in [0.3, 0.4) is 0 Å². The van der Waals surface area contributed by atoms with Crippen molar-refractivity contribution in [3.63, 3.8) is 0 Å². The van der Waals surface area contributed by atoms with Gasteiger partial charge in [-0.15, -0.1) is 22.7 Å². The van der Waals surface area contributed by atoms with E-state index in [0.29, 0.717) is 11.6 Å². The SMILES string of the molecule is [2H]c1c([2H])c([2H])c(-c2nc(-c3cccc4sc5ccccc5c34)nc(-c3cccc4sc5c(-n6c7ccccc7c7ccccc76)cccc5c34)n2)c([2H])c1[2H]. The Hall–Kier alpha value is -6.21. The topological polar surface area (TPSA) is 43.6 Å². The average molecular weight is 692 g/mol. The molecule has 0 saturated carbocycles. The minimum Gasteiger partial charge on any atom is -0.308 e. The molecular weight excluding hydrogens is 661 g/mol. The third-order valence-corrected chi connectivity index (χ3v) is 11.9. The van der Waals surface area contributed by atoms with Gasteiger partial charge in [-0.05, 0) is 36.4 Å². The summed E-state index contributed by atoms with van der Waals surface area (Å²) in [7, 11) is 0. The van der Waals surface area contributed by atoms with Gasteiger partial charge >= 0.3 is 0 Å². The molecule has 0 amide bonds. The molecule has 7 aromatic carbocycles. The largest absolute Gasteiger partial charge is 0.308 e. The van der Waals surface area contributed by atoms with Crippen LogP contribution in [0.2, 0.25) is 0 Å². The van der Waals surface area contributed by atoms with Crippen LogP contribution in [0.15, 0.2) is 158 Å². The molecule has 0 N–H and O–H groups in total. The smallest absolute Gasteiger partial charge is 0.164 e. The molecule has 4 aromatic heterocycles. The Bertz CT molecular complexity index is 3380. The molecule has 0 aliphatic heterocycles. The van der Waals surface area contributed by atoms with Crippen molar-refractivity contribution in [1.82, 2.24) is 19.5 Å². The molecule has 0 fully saturated rings. The van der Waals surface area contributed by atoms with Gasteiger partial charge in [0, 0.05) is 63.1 Å². The Balaban J connectivity index is 1.22. The summed E-state index contributed by atoms with van der Waals surface area (Å²) >= 11 is 3.39. The normalized spacial score (nSPS) is 13.3. The summed E-state index contributed by atoms with van der Waals surface area (Å²) < 4.78 is 49.7. The Morgan fingerprint density at radius 2 is 0.980 bits per heavy atom. The molecule has 4 heterocycles. The van der Waals surface area contributed by atoms with Gasteiger partial charge in [0.25, 0.3) is 0 Å². The van der Waals surface area contributed by atoms with Crippen LogP contribution in [-0.2, 0) is 0 Å². The van der Waals surface area contributed by atoms with Gasteiger partial charge in [0.2, 0.25) is 0 Å². The van der Waals surface area contributed by atoms with E-state index < -0.39 is 18.1 Å². The number of para-hydroxylation sites is 2. The van der Waals surface area contributed by atoms with Crippen LogP contribution in [-0.4, -0.2) is 19.5 Å². The highest BCUT2D eigenvalue weighted by Gasteiger charge is 2.21. The van der Waals surface area contributed by atoms with Crippen LogP contribution in [0.5, 0.6) is 0 Å². The number of aromatic nitrogens is 4. The number of hydrogen-bond donors (Lipinski definition) is 0. The molecule has 0 unspecified atom stereocenters. The van der Waals surface area contributed by atoms with Crippen molar-refractivity contribution in [2.24, 2.45) is 0 Å². The van der Waals surface area contributed by atoms with E-state index in [4.69, 9.17) is 21.8 Å². The molecule has 0 aliphatic carbocycles. The summed E-state index contributed by atoms with van der Waals surface area (Å²) in [6, 6.07) is 41.6. The van der Waals surface area contributed by atoms with E-state index in [9.17, 15) is 0 Å². The van der Waals surface area contributed by atoms with Crippen LogP contribution in [0, 0.1) is 0 Å². The van der Waals surface area contributed by atoms with Crippen molar-refractivity contribution in [2.45, 2.75) is 0 Å². The minimum atomic E-state index is -0.471. The molecule has 238 valence electrons. The first-order valence-electron chi connectivity index (χ1n) is 19.0. The van der Waals surface area contributed by atoms with Gasteiger partial charge in [0.1, 0.15) is 0 Å². The Kier molecular flexibility index (Phi) is 5.25. The summed E-state index contributed by atoms with van der Waals surface area (Å²) in [5, 5.41) is 6.45. The van der Waals surface area contributed by atoms with Crippen LogP contribution >= 0.6 is 22.7 Å². The van der Waals surface area contributed by atoms with E-state index in [-0.39, 0.29) is 23.5 Å². The Morgan fingerprint density at radius 1 is 0.451 bits per heavy atom. The predicted molar refractivity (Wildman–Crippen MR) is 216 cm³/mol. The highest BCUT2D eigenvalue weighted by molar-refractivity contribution is 7.26. The van der Waals surface area contributed by atoms with Crippen molar-refractivity contribution in [3.05, 3.63) is 158 Å². The highest BCUT2D eigenvalue weighted by atomic mass is 32.1. The van der Waals surface area contributed by atoms with Crippen LogP contribution in [0.1, 0.15) is 6.85 Å². The standard InChI is InChI=1S/C45H26N4S2/c1-2-13-27(14-3-1)43-46-44(32-19-11-25-38-40(32)30-17-6-9-24-37(30)50-38)48-45(47-43)33-20-12-26-39-41(33)31-18-10-23-36(42(31)51-39)49-34-21-7-4-15-28(34)29-16-5-8-22-35(29)49/h1-26H/i1D,2D,3D,13D,14D. The summed E-state index contributed by atoms with van der Waals surface area (Å²) in [5.74, 6) is 0.718. The summed E-state index contributed by atoms with van der Waals surface area (Å²) in [6.45, 7) is 0. The van der Waals surface area contributed by atoms with Crippen molar-refractivity contribution < 1.29 is 6.85 Å². The van der Waals surface area contributed by atoms with Crippen LogP contribution in [0.4, 0.5) is 0 Å².